The fourth-order valence-corrected chi connectivity index (χ4v) is 3.66. The standard InChI is InChI=1S/C16H17NO4S2/c1-9(2)13(15(19)20)17-14(18)12(23-16(17)22)8-10-6-4-5-7-11(10)21-3/h4-9,13H,1-3H3,(H,19,20)/b12-8-/t13-/m0/s1. The van der Waals surface area contributed by atoms with Gasteiger partial charge in [0.1, 0.15) is 16.1 Å². The highest BCUT2D eigenvalue weighted by Gasteiger charge is 2.41. The van der Waals surface area contributed by atoms with Crippen LogP contribution >= 0.6 is 24.0 Å². The van der Waals surface area contributed by atoms with E-state index in [1.807, 2.05) is 18.2 Å². The number of rotatable bonds is 5. The lowest BCUT2D eigenvalue weighted by molar-refractivity contribution is -0.146. The Balaban J connectivity index is 2.38. The lowest BCUT2D eigenvalue weighted by Crippen LogP contribution is -2.47. The van der Waals surface area contributed by atoms with Crippen molar-refractivity contribution in [3.05, 3.63) is 34.7 Å². The lowest BCUT2D eigenvalue weighted by Gasteiger charge is -2.26. The molecular weight excluding hydrogens is 334 g/mol. The molecule has 1 aromatic carbocycles. The maximum absolute atomic E-state index is 12.6. The number of para-hydroxylation sites is 1. The summed E-state index contributed by atoms with van der Waals surface area (Å²) in [6.45, 7) is 3.50. The summed E-state index contributed by atoms with van der Waals surface area (Å²) in [6, 6.07) is 6.32. The zero-order valence-electron chi connectivity index (χ0n) is 13.0. The van der Waals surface area contributed by atoms with Crippen LogP contribution in [0.4, 0.5) is 0 Å². The van der Waals surface area contributed by atoms with Gasteiger partial charge in [-0.1, -0.05) is 56.0 Å². The molecule has 1 aliphatic rings. The normalized spacial score (nSPS) is 17.9. The van der Waals surface area contributed by atoms with Crippen LogP contribution in [0.25, 0.3) is 6.08 Å². The summed E-state index contributed by atoms with van der Waals surface area (Å²) in [7, 11) is 1.55. The molecule has 1 heterocycles. The Hall–Kier alpha value is -1.86. The van der Waals surface area contributed by atoms with Crippen molar-refractivity contribution in [2.75, 3.05) is 7.11 Å². The predicted octanol–water partition coefficient (Wildman–Crippen LogP) is 3.01. The van der Waals surface area contributed by atoms with Crippen molar-refractivity contribution < 1.29 is 19.4 Å². The number of carbonyl (C=O) groups is 2. The number of hydrogen-bond acceptors (Lipinski definition) is 5. The van der Waals surface area contributed by atoms with Gasteiger partial charge in [-0.15, -0.1) is 0 Å². The van der Waals surface area contributed by atoms with Gasteiger partial charge in [-0.05, 0) is 18.1 Å². The molecule has 0 spiro atoms. The number of thiocarbonyl (C=S) groups is 1. The average Bonchev–Trinajstić information content (AvgIpc) is 2.75. The van der Waals surface area contributed by atoms with E-state index in [-0.39, 0.29) is 16.1 Å². The molecule has 2 rings (SSSR count). The third kappa shape index (κ3) is 3.56. The van der Waals surface area contributed by atoms with Crippen LogP contribution in [0, 0.1) is 5.92 Å². The first-order chi connectivity index (χ1) is 10.9. The molecule has 0 radical (unpaired) electrons. The molecule has 7 heteroatoms. The van der Waals surface area contributed by atoms with E-state index in [1.54, 1.807) is 33.1 Å². The highest BCUT2D eigenvalue weighted by Crippen LogP contribution is 2.36. The molecule has 1 saturated heterocycles. The maximum Gasteiger partial charge on any atom is 0.327 e. The molecule has 122 valence electrons. The van der Waals surface area contributed by atoms with E-state index in [0.29, 0.717) is 10.7 Å². The predicted molar refractivity (Wildman–Crippen MR) is 94.3 cm³/mol. The van der Waals surface area contributed by atoms with Crippen LogP contribution in [-0.2, 0) is 9.59 Å². The van der Waals surface area contributed by atoms with Crippen LogP contribution in [0.5, 0.6) is 5.75 Å². The van der Waals surface area contributed by atoms with Gasteiger partial charge in [0.25, 0.3) is 5.91 Å². The van der Waals surface area contributed by atoms with E-state index in [2.05, 4.69) is 0 Å². The lowest BCUT2D eigenvalue weighted by atomic mass is 10.0. The summed E-state index contributed by atoms with van der Waals surface area (Å²) < 4.78 is 5.52. The Kier molecular flexibility index (Phi) is 5.43. The van der Waals surface area contributed by atoms with Crippen LogP contribution in [0.3, 0.4) is 0 Å². The number of aliphatic carboxylic acids is 1. The Morgan fingerprint density at radius 2 is 2.04 bits per heavy atom. The molecule has 0 bridgehead atoms. The number of hydrogen-bond donors (Lipinski definition) is 1. The van der Waals surface area contributed by atoms with E-state index in [4.69, 9.17) is 17.0 Å². The van der Waals surface area contributed by atoms with Crippen molar-refractivity contribution in [2.24, 2.45) is 5.92 Å². The molecule has 0 aliphatic carbocycles. The summed E-state index contributed by atoms with van der Waals surface area (Å²) in [5, 5.41) is 9.40. The van der Waals surface area contributed by atoms with Gasteiger partial charge in [0.05, 0.1) is 12.0 Å². The summed E-state index contributed by atoms with van der Waals surface area (Å²) >= 11 is 6.33. The van der Waals surface area contributed by atoms with Crippen molar-refractivity contribution in [3.63, 3.8) is 0 Å². The number of nitrogens with zero attached hydrogens (tertiary/aromatic N) is 1. The number of methoxy groups -OCH3 is 1. The molecule has 1 atom stereocenters. The monoisotopic (exact) mass is 351 g/mol. The first-order valence-corrected chi connectivity index (χ1v) is 8.22. The first kappa shape index (κ1) is 17.5. The molecule has 1 aliphatic heterocycles. The van der Waals surface area contributed by atoms with E-state index in [0.717, 1.165) is 17.3 Å². The second-order valence-corrected chi connectivity index (χ2v) is 7.00. The van der Waals surface area contributed by atoms with Crippen LogP contribution in [0.1, 0.15) is 19.4 Å². The van der Waals surface area contributed by atoms with Crippen molar-refractivity contribution in [1.29, 1.82) is 0 Å². The van der Waals surface area contributed by atoms with Gasteiger partial charge in [-0.25, -0.2) is 4.79 Å². The number of carboxylic acid groups (broad SMARTS) is 1. The van der Waals surface area contributed by atoms with Gasteiger partial charge in [0.15, 0.2) is 0 Å². The summed E-state index contributed by atoms with van der Waals surface area (Å²) in [6.07, 6.45) is 1.68. The number of thioether (sulfide) groups is 1. The third-order valence-electron chi connectivity index (χ3n) is 3.41. The summed E-state index contributed by atoms with van der Waals surface area (Å²) in [4.78, 5) is 25.7. The zero-order valence-corrected chi connectivity index (χ0v) is 14.6. The molecular formula is C16H17NO4S2. The van der Waals surface area contributed by atoms with Crippen molar-refractivity contribution in [1.82, 2.24) is 4.90 Å². The molecule has 5 nitrogen and oxygen atoms in total. The highest BCUT2D eigenvalue weighted by molar-refractivity contribution is 8.26. The molecule has 1 aromatic rings. The Morgan fingerprint density at radius 3 is 2.61 bits per heavy atom. The van der Waals surface area contributed by atoms with E-state index in [1.165, 1.54) is 4.90 Å². The van der Waals surface area contributed by atoms with Crippen LogP contribution < -0.4 is 4.74 Å². The minimum Gasteiger partial charge on any atom is -0.496 e. The van der Waals surface area contributed by atoms with E-state index >= 15 is 0 Å². The molecule has 0 unspecified atom stereocenters. The molecule has 0 aromatic heterocycles. The van der Waals surface area contributed by atoms with Crippen LogP contribution in [-0.4, -0.2) is 39.4 Å². The fraction of sp³-hybridized carbons (Fsp3) is 0.312. The molecule has 1 N–H and O–H groups in total. The first-order valence-electron chi connectivity index (χ1n) is 6.99. The number of carbonyl (C=O) groups excluding carboxylic acids is 1. The van der Waals surface area contributed by atoms with Crippen LogP contribution in [0.2, 0.25) is 0 Å². The number of carboxylic acids is 1. The molecule has 1 fully saturated rings. The Bertz CT molecular complexity index is 684. The second-order valence-electron chi connectivity index (χ2n) is 5.32. The smallest absolute Gasteiger partial charge is 0.327 e. The van der Waals surface area contributed by atoms with E-state index in [9.17, 15) is 14.7 Å². The van der Waals surface area contributed by atoms with Gasteiger partial charge in [-0.3, -0.25) is 9.69 Å². The number of ether oxygens (including phenoxy) is 1. The summed E-state index contributed by atoms with van der Waals surface area (Å²) in [5.41, 5.74) is 0.743. The van der Waals surface area contributed by atoms with Gasteiger partial charge in [0.2, 0.25) is 0 Å². The van der Waals surface area contributed by atoms with Crippen molar-refractivity contribution in [2.45, 2.75) is 19.9 Å². The third-order valence-corrected chi connectivity index (χ3v) is 4.74. The average molecular weight is 351 g/mol. The fourth-order valence-electron chi connectivity index (χ4n) is 2.34. The van der Waals surface area contributed by atoms with Gasteiger partial charge < -0.3 is 9.84 Å². The maximum atomic E-state index is 12.6. The van der Waals surface area contributed by atoms with Gasteiger partial charge >= 0.3 is 5.97 Å². The Morgan fingerprint density at radius 1 is 1.39 bits per heavy atom. The van der Waals surface area contributed by atoms with Crippen molar-refractivity contribution >= 4 is 46.3 Å². The molecule has 0 saturated carbocycles. The van der Waals surface area contributed by atoms with Gasteiger partial charge in [0, 0.05) is 5.56 Å². The molecule has 1 amide bonds. The SMILES string of the molecule is COc1ccccc1/C=C1\SC(=S)N([C@H](C(=O)O)C(C)C)C1=O. The highest BCUT2D eigenvalue weighted by atomic mass is 32.2. The zero-order chi connectivity index (χ0) is 17.1. The largest absolute Gasteiger partial charge is 0.496 e. The number of amides is 1. The van der Waals surface area contributed by atoms with Crippen molar-refractivity contribution in [3.8, 4) is 5.75 Å². The minimum absolute atomic E-state index is 0.249. The second kappa shape index (κ2) is 7.14. The number of benzene rings is 1. The molecule has 23 heavy (non-hydrogen) atoms. The minimum atomic E-state index is -1.06. The van der Waals surface area contributed by atoms with E-state index < -0.39 is 12.0 Å². The van der Waals surface area contributed by atoms with Gasteiger partial charge in [-0.2, -0.15) is 0 Å². The quantitative estimate of drug-likeness (QED) is 0.650. The van der Waals surface area contributed by atoms with Crippen LogP contribution in [0.15, 0.2) is 29.2 Å². The topological polar surface area (TPSA) is 66.8 Å². The summed E-state index contributed by atoms with van der Waals surface area (Å²) in [5.74, 6) is -1.06. The Labute approximate surface area is 144 Å².